The number of carbonyl (C=O) groups excluding carboxylic acids is 2. The minimum Gasteiger partial charge on any atom is -0.493 e. The number of nitrogens with two attached hydrogens (primary N) is 1. The Kier molecular flexibility index (Phi) is 5.56. The van der Waals surface area contributed by atoms with Crippen LogP contribution in [0, 0.1) is 6.92 Å². The van der Waals surface area contributed by atoms with Crippen LogP contribution in [0.1, 0.15) is 27.9 Å². The van der Waals surface area contributed by atoms with Crippen molar-refractivity contribution in [3.63, 3.8) is 0 Å². The van der Waals surface area contributed by atoms with E-state index in [-0.39, 0.29) is 29.0 Å². The van der Waals surface area contributed by atoms with E-state index in [1.807, 2.05) is 13.0 Å². The van der Waals surface area contributed by atoms with Crippen LogP contribution in [0.15, 0.2) is 30.3 Å². The molecule has 0 saturated heterocycles. The molecule has 0 bridgehead atoms. The third-order valence-corrected chi connectivity index (χ3v) is 4.72. The number of rotatable bonds is 5. The van der Waals surface area contributed by atoms with Gasteiger partial charge in [0.1, 0.15) is 0 Å². The van der Waals surface area contributed by atoms with Crippen molar-refractivity contribution in [2.75, 3.05) is 25.2 Å². The van der Waals surface area contributed by atoms with E-state index in [0.717, 1.165) is 29.7 Å². The maximum Gasteiger partial charge on any atom is 0.258 e. The number of halogens is 1. The molecule has 2 aromatic rings. The number of carbonyl (C=O) groups is 2. The highest BCUT2D eigenvalue weighted by Crippen LogP contribution is 2.38. The van der Waals surface area contributed by atoms with E-state index in [4.69, 9.17) is 26.8 Å². The summed E-state index contributed by atoms with van der Waals surface area (Å²) in [4.78, 5) is 25.9. The first-order valence-electron chi connectivity index (χ1n) is 8.60. The molecule has 1 heterocycles. The number of aryl methyl sites for hydroxylation is 2. The van der Waals surface area contributed by atoms with Gasteiger partial charge in [-0.15, -0.1) is 0 Å². The molecule has 0 atom stereocenters. The summed E-state index contributed by atoms with van der Waals surface area (Å²) < 4.78 is 10.6. The van der Waals surface area contributed by atoms with Crippen molar-refractivity contribution in [2.45, 2.75) is 19.8 Å². The second-order valence-electron chi connectivity index (χ2n) is 6.44. The average molecular weight is 389 g/mol. The molecule has 0 unspecified atom stereocenters. The number of amides is 2. The Bertz CT molecular complexity index is 898. The predicted molar refractivity (Wildman–Crippen MR) is 104 cm³/mol. The number of methoxy groups -OCH3 is 1. The maximum absolute atomic E-state index is 13.2. The minimum absolute atomic E-state index is 0.164. The summed E-state index contributed by atoms with van der Waals surface area (Å²) in [6.07, 6.45) is 1.84. The topological polar surface area (TPSA) is 81.9 Å². The average Bonchev–Trinajstić information content (AvgIpc) is 2.65. The van der Waals surface area contributed by atoms with E-state index in [0.29, 0.717) is 12.1 Å². The highest BCUT2D eigenvalue weighted by atomic mass is 35.5. The molecule has 0 fully saturated rings. The summed E-state index contributed by atoms with van der Waals surface area (Å²) in [5.41, 5.74) is 8.67. The van der Waals surface area contributed by atoms with Crippen molar-refractivity contribution in [1.29, 1.82) is 0 Å². The van der Waals surface area contributed by atoms with E-state index >= 15 is 0 Å². The quantitative estimate of drug-likeness (QED) is 0.853. The summed E-state index contributed by atoms with van der Waals surface area (Å²) >= 11 is 6.28. The first kappa shape index (κ1) is 19.0. The SMILES string of the molecule is COc1cc(C(=O)N2CCCc3ccc(C)cc32)cc(Cl)c1OCC(N)=O. The smallest absolute Gasteiger partial charge is 0.258 e. The number of benzene rings is 2. The normalized spacial score (nSPS) is 13.1. The summed E-state index contributed by atoms with van der Waals surface area (Å²) in [6, 6.07) is 9.23. The fraction of sp³-hybridized carbons (Fsp3) is 0.300. The monoisotopic (exact) mass is 388 g/mol. The largest absolute Gasteiger partial charge is 0.493 e. The Morgan fingerprint density at radius 1 is 1.26 bits per heavy atom. The first-order valence-corrected chi connectivity index (χ1v) is 8.98. The molecule has 2 amide bonds. The Labute approximate surface area is 162 Å². The molecule has 1 aliphatic rings. The van der Waals surface area contributed by atoms with E-state index in [1.165, 1.54) is 13.2 Å². The molecule has 2 N–H and O–H groups in total. The lowest BCUT2D eigenvalue weighted by molar-refractivity contribution is -0.119. The van der Waals surface area contributed by atoms with Crippen LogP contribution in [-0.4, -0.2) is 32.1 Å². The van der Waals surface area contributed by atoms with Crippen molar-refractivity contribution in [3.05, 3.63) is 52.0 Å². The molecule has 0 radical (unpaired) electrons. The number of nitrogens with zero attached hydrogens (tertiary/aromatic N) is 1. The zero-order valence-electron chi connectivity index (χ0n) is 15.3. The van der Waals surface area contributed by atoms with Gasteiger partial charge >= 0.3 is 0 Å². The van der Waals surface area contributed by atoms with Crippen molar-refractivity contribution >= 4 is 29.1 Å². The third-order valence-electron chi connectivity index (χ3n) is 4.44. The van der Waals surface area contributed by atoms with E-state index in [1.54, 1.807) is 11.0 Å². The Hall–Kier alpha value is -2.73. The number of fused-ring (bicyclic) bond motifs is 1. The van der Waals surface area contributed by atoms with Crippen molar-refractivity contribution < 1.29 is 19.1 Å². The molecular formula is C20H21ClN2O4. The minimum atomic E-state index is -0.631. The second kappa shape index (κ2) is 7.88. The van der Waals surface area contributed by atoms with Crippen LogP contribution in [0.5, 0.6) is 11.5 Å². The molecule has 3 rings (SSSR count). The van der Waals surface area contributed by atoms with Crippen molar-refractivity contribution in [1.82, 2.24) is 0 Å². The van der Waals surface area contributed by atoms with Crippen LogP contribution in [0.4, 0.5) is 5.69 Å². The molecule has 27 heavy (non-hydrogen) atoms. The van der Waals surface area contributed by atoms with E-state index in [2.05, 4.69) is 12.1 Å². The number of hydrogen-bond acceptors (Lipinski definition) is 4. The van der Waals surface area contributed by atoms with Crippen LogP contribution in [0.2, 0.25) is 5.02 Å². The molecular weight excluding hydrogens is 368 g/mol. The summed E-state index contributed by atoms with van der Waals surface area (Å²) in [5.74, 6) is -0.338. The lowest BCUT2D eigenvalue weighted by atomic mass is 9.99. The van der Waals surface area contributed by atoms with Gasteiger partial charge in [0, 0.05) is 17.8 Å². The van der Waals surface area contributed by atoms with E-state index < -0.39 is 5.91 Å². The fourth-order valence-electron chi connectivity index (χ4n) is 3.18. The second-order valence-corrected chi connectivity index (χ2v) is 6.84. The Morgan fingerprint density at radius 2 is 2.04 bits per heavy atom. The first-order chi connectivity index (χ1) is 12.9. The molecule has 6 nitrogen and oxygen atoms in total. The van der Waals surface area contributed by atoms with Crippen molar-refractivity contribution in [2.24, 2.45) is 5.73 Å². The summed E-state index contributed by atoms with van der Waals surface area (Å²) in [7, 11) is 1.44. The lowest BCUT2D eigenvalue weighted by Crippen LogP contribution is -2.35. The summed E-state index contributed by atoms with van der Waals surface area (Å²) in [5, 5.41) is 0.181. The highest BCUT2D eigenvalue weighted by molar-refractivity contribution is 6.33. The highest BCUT2D eigenvalue weighted by Gasteiger charge is 2.25. The zero-order valence-corrected chi connectivity index (χ0v) is 16.0. The summed E-state index contributed by atoms with van der Waals surface area (Å²) in [6.45, 7) is 2.31. The number of primary amides is 1. The van der Waals surface area contributed by atoms with Gasteiger partial charge in [0.05, 0.1) is 12.1 Å². The van der Waals surface area contributed by atoms with Gasteiger partial charge in [-0.05, 0) is 49.1 Å². The standard InChI is InChI=1S/C20H21ClN2O4/c1-12-5-6-13-4-3-7-23(16(13)8-12)20(25)14-9-15(21)19(17(10-14)26-2)27-11-18(22)24/h5-6,8-10H,3-4,7,11H2,1-2H3,(H2,22,24). The molecule has 0 saturated carbocycles. The van der Waals surface area contributed by atoms with Crippen LogP contribution in [0.3, 0.4) is 0 Å². The molecule has 0 aliphatic carbocycles. The molecule has 1 aliphatic heterocycles. The van der Waals surface area contributed by atoms with Gasteiger partial charge in [-0.25, -0.2) is 0 Å². The molecule has 7 heteroatoms. The van der Waals surface area contributed by atoms with Gasteiger partial charge in [0.25, 0.3) is 11.8 Å². The van der Waals surface area contributed by atoms with Crippen molar-refractivity contribution in [3.8, 4) is 11.5 Å². The van der Waals surface area contributed by atoms with Crippen LogP contribution in [-0.2, 0) is 11.2 Å². The number of ether oxygens (including phenoxy) is 2. The van der Waals surface area contributed by atoms with Gasteiger partial charge in [-0.3, -0.25) is 9.59 Å². The Balaban J connectivity index is 1.95. The molecule has 0 spiro atoms. The van der Waals surface area contributed by atoms with Gasteiger partial charge in [0.2, 0.25) is 0 Å². The number of anilines is 1. The van der Waals surface area contributed by atoms with Gasteiger partial charge in [0.15, 0.2) is 18.1 Å². The fourth-order valence-corrected chi connectivity index (χ4v) is 3.44. The van der Waals surface area contributed by atoms with E-state index in [9.17, 15) is 9.59 Å². The third kappa shape index (κ3) is 4.01. The molecule has 142 valence electrons. The number of hydrogen-bond donors (Lipinski definition) is 1. The van der Waals surface area contributed by atoms with Crippen LogP contribution in [0.25, 0.3) is 0 Å². The maximum atomic E-state index is 13.2. The predicted octanol–water partition coefficient (Wildman–Crippen LogP) is 3.11. The lowest BCUT2D eigenvalue weighted by Gasteiger charge is -2.30. The van der Waals surface area contributed by atoms with Gasteiger partial charge in [-0.1, -0.05) is 23.7 Å². The van der Waals surface area contributed by atoms with Crippen LogP contribution < -0.4 is 20.1 Å². The molecule has 2 aromatic carbocycles. The zero-order chi connectivity index (χ0) is 19.6. The van der Waals surface area contributed by atoms with Gasteiger partial charge < -0.3 is 20.1 Å². The Morgan fingerprint density at radius 3 is 2.74 bits per heavy atom. The van der Waals surface area contributed by atoms with Gasteiger partial charge in [-0.2, -0.15) is 0 Å². The van der Waals surface area contributed by atoms with Crippen LogP contribution >= 0.6 is 11.6 Å². The molecule has 0 aromatic heterocycles.